The van der Waals surface area contributed by atoms with E-state index in [9.17, 15) is 14.7 Å². The van der Waals surface area contributed by atoms with E-state index in [0.29, 0.717) is 0 Å². The van der Waals surface area contributed by atoms with E-state index >= 15 is 0 Å². The molecule has 2 rings (SSSR count). The molecule has 5 nitrogen and oxygen atoms in total. The first kappa shape index (κ1) is 17.1. The largest absolute Gasteiger partial charge is 0.480 e. The average molecular weight is 353 g/mol. The summed E-state index contributed by atoms with van der Waals surface area (Å²) in [6, 6.07) is 12.6. The molecule has 120 valence electrons. The van der Waals surface area contributed by atoms with Crippen LogP contribution < -0.4 is 10.6 Å². The molecule has 7 heteroatoms. The van der Waals surface area contributed by atoms with Crippen molar-refractivity contribution in [3.63, 3.8) is 0 Å². The number of halogens is 2. The minimum atomic E-state index is -1.16. The highest BCUT2D eigenvalue weighted by atomic mass is 35.5. The lowest BCUT2D eigenvalue weighted by atomic mass is 10.2. The standard InChI is InChI=1S/C16H14Cl2N2O3/c17-11-7-4-8-12(18)14(11)15(21)20-13(16(22)23)9-19-10-5-2-1-3-6-10/h1-8,13,19H,9H2,(H,20,21)(H,22,23). The second kappa shape index (κ2) is 7.85. The molecule has 0 heterocycles. The van der Waals surface area contributed by atoms with Crippen LogP contribution in [0, 0.1) is 0 Å². The third-order valence-corrected chi connectivity index (χ3v) is 3.71. The first-order valence-corrected chi connectivity index (χ1v) is 7.51. The number of para-hydroxylation sites is 1. The van der Waals surface area contributed by atoms with Gasteiger partial charge in [-0.3, -0.25) is 4.79 Å². The van der Waals surface area contributed by atoms with Crippen LogP contribution in [0.1, 0.15) is 10.4 Å². The van der Waals surface area contributed by atoms with E-state index in [4.69, 9.17) is 23.2 Å². The predicted molar refractivity (Wildman–Crippen MR) is 90.3 cm³/mol. The quantitative estimate of drug-likeness (QED) is 0.745. The van der Waals surface area contributed by atoms with Gasteiger partial charge in [0, 0.05) is 12.2 Å². The smallest absolute Gasteiger partial charge is 0.328 e. The summed E-state index contributed by atoms with van der Waals surface area (Å²) in [5.74, 6) is -1.80. The number of carbonyl (C=O) groups excluding carboxylic acids is 1. The number of carboxylic acids is 1. The molecule has 3 N–H and O–H groups in total. The fraction of sp³-hybridized carbons (Fsp3) is 0.125. The summed E-state index contributed by atoms with van der Waals surface area (Å²) in [5.41, 5.74) is 0.811. The maximum absolute atomic E-state index is 12.2. The number of amides is 1. The van der Waals surface area contributed by atoms with Gasteiger partial charge in [-0.25, -0.2) is 4.79 Å². The van der Waals surface area contributed by atoms with Crippen LogP contribution in [-0.4, -0.2) is 29.6 Å². The molecule has 1 unspecified atom stereocenters. The lowest BCUT2D eigenvalue weighted by molar-refractivity contribution is -0.138. The molecule has 0 saturated heterocycles. The van der Waals surface area contributed by atoms with E-state index < -0.39 is 17.9 Å². The van der Waals surface area contributed by atoms with Crippen LogP contribution in [-0.2, 0) is 4.79 Å². The van der Waals surface area contributed by atoms with Crippen LogP contribution in [0.4, 0.5) is 5.69 Å². The number of nitrogens with one attached hydrogen (secondary N) is 2. The Morgan fingerprint density at radius 1 is 1.00 bits per heavy atom. The van der Waals surface area contributed by atoms with Gasteiger partial charge in [0.2, 0.25) is 0 Å². The average Bonchev–Trinajstić information content (AvgIpc) is 2.52. The zero-order chi connectivity index (χ0) is 16.8. The monoisotopic (exact) mass is 352 g/mol. The van der Waals surface area contributed by atoms with Crippen LogP contribution in [0.2, 0.25) is 10.0 Å². The number of anilines is 1. The number of carbonyl (C=O) groups is 2. The fourth-order valence-corrected chi connectivity index (χ4v) is 2.49. The second-order valence-electron chi connectivity index (χ2n) is 4.71. The molecule has 1 amide bonds. The SMILES string of the molecule is O=C(NC(CNc1ccccc1)C(=O)O)c1c(Cl)cccc1Cl. The van der Waals surface area contributed by atoms with Gasteiger partial charge in [0.25, 0.3) is 5.91 Å². The number of rotatable bonds is 6. The molecule has 0 bridgehead atoms. The first-order valence-electron chi connectivity index (χ1n) is 6.75. The highest BCUT2D eigenvalue weighted by Gasteiger charge is 2.23. The van der Waals surface area contributed by atoms with Crippen LogP contribution in [0.25, 0.3) is 0 Å². The van der Waals surface area contributed by atoms with Gasteiger partial charge in [0.1, 0.15) is 6.04 Å². The van der Waals surface area contributed by atoms with Crippen LogP contribution in [0.3, 0.4) is 0 Å². The molecule has 1 atom stereocenters. The van der Waals surface area contributed by atoms with Gasteiger partial charge in [-0.2, -0.15) is 0 Å². The maximum Gasteiger partial charge on any atom is 0.328 e. The molecule has 23 heavy (non-hydrogen) atoms. The Kier molecular flexibility index (Phi) is 5.84. The number of aliphatic carboxylic acids is 1. The van der Waals surface area contributed by atoms with Crippen molar-refractivity contribution in [1.29, 1.82) is 0 Å². The van der Waals surface area contributed by atoms with Gasteiger partial charge in [-0.05, 0) is 24.3 Å². The summed E-state index contributed by atoms with van der Waals surface area (Å²) >= 11 is 11.9. The number of benzene rings is 2. The molecule has 0 spiro atoms. The summed E-state index contributed by atoms with van der Waals surface area (Å²) in [7, 11) is 0. The van der Waals surface area contributed by atoms with Gasteiger partial charge in [-0.15, -0.1) is 0 Å². The summed E-state index contributed by atoms with van der Waals surface area (Å²) in [6.07, 6.45) is 0. The summed E-state index contributed by atoms with van der Waals surface area (Å²) in [5, 5.41) is 15.0. The molecule has 0 aliphatic carbocycles. The maximum atomic E-state index is 12.2. The van der Waals surface area contributed by atoms with Crippen molar-refractivity contribution < 1.29 is 14.7 Å². The van der Waals surface area contributed by atoms with Crippen molar-refractivity contribution in [2.75, 3.05) is 11.9 Å². The van der Waals surface area contributed by atoms with Crippen molar-refractivity contribution in [3.8, 4) is 0 Å². The van der Waals surface area contributed by atoms with Crippen LogP contribution >= 0.6 is 23.2 Å². The lowest BCUT2D eigenvalue weighted by Gasteiger charge is -2.17. The van der Waals surface area contributed by atoms with Gasteiger partial charge in [-0.1, -0.05) is 47.5 Å². The Morgan fingerprint density at radius 2 is 1.61 bits per heavy atom. The van der Waals surface area contributed by atoms with Gasteiger partial charge in [0.15, 0.2) is 0 Å². The molecule has 0 radical (unpaired) electrons. The molecule has 0 aliphatic rings. The summed E-state index contributed by atoms with van der Waals surface area (Å²) in [6.45, 7) is 0.0210. The topological polar surface area (TPSA) is 78.4 Å². The van der Waals surface area contributed by atoms with Crippen molar-refractivity contribution >= 4 is 40.8 Å². The molecular weight excluding hydrogens is 339 g/mol. The van der Waals surface area contributed by atoms with E-state index in [-0.39, 0.29) is 22.2 Å². The highest BCUT2D eigenvalue weighted by molar-refractivity contribution is 6.39. The minimum Gasteiger partial charge on any atom is -0.480 e. The normalized spacial score (nSPS) is 11.6. The zero-order valence-electron chi connectivity index (χ0n) is 11.9. The molecule has 2 aromatic rings. The molecule has 0 fully saturated rings. The van der Waals surface area contributed by atoms with E-state index in [1.807, 2.05) is 18.2 Å². The predicted octanol–water partition coefficient (Wildman–Crippen LogP) is 3.29. The van der Waals surface area contributed by atoms with Crippen molar-refractivity contribution in [2.45, 2.75) is 6.04 Å². The Bertz CT molecular complexity index is 687. The molecular formula is C16H14Cl2N2O3. The Hall–Kier alpha value is -2.24. The number of carboxylic acid groups (broad SMARTS) is 1. The lowest BCUT2D eigenvalue weighted by Crippen LogP contribution is -2.45. The molecule has 2 aromatic carbocycles. The Labute approximate surface area is 143 Å². The number of hydrogen-bond acceptors (Lipinski definition) is 3. The molecule has 0 aromatic heterocycles. The zero-order valence-corrected chi connectivity index (χ0v) is 13.4. The Morgan fingerprint density at radius 3 is 2.17 bits per heavy atom. The third-order valence-electron chi connectivity index (χ3n) is 3.08. The van der Waals surface area contributed by atoms with Crippen LogP contribution in [0.5, 0.6) is 0 Å². The van der Waals surface area contributed by atoms with Crippen molar-refractivity contribution in [1.82, 2.24) is 5.32 Å². The second-order valence-corrected chi connectivity index (χ2v) is 5.52. The van der Waals surface area contributed by atoms with Gasteiger partial charge in [0.05, 0.1) is 15.6 Å². The number of hydrogen-bond donors (Lipinski definition) is 3. The Balaban J connectivity index is 2.07. The summed E-state index contributed by atoms with van der Waals surface area (Å²) in [4.78, 5) is 23.6. The molecule has 0 saturated carbocycles. The fourth-order valence-electron chi connectivity index (χ4n) is 1.92. The van der Waals surface area contributed by atoms with Crippen molar-refractivity contribution in [2.24, 2.45) is 0 Å². The van der Waals surface area contributed by atoms with Crippen molar-refractivity contribution in [3.05, 3.63) is 64.1 Å². The van der Waals surface area contributed by atoms with E-state index in [1.54, 1.807) is 18.2 Å². The minimum absolute atomic E-state index is 0.0210. The third kappa shape index (κ3) is 4.61. The van der Waals surface area contributed by atoms with Gasteiger partial charge >= 0.3 is 5.97 Å². The molecule has 0 aliphatic heterocycles. The summed E-state index contributed by atoms with van der Waals surface area (Å²) < 4.78 is 0. The van der Waals surface area contributed by atoms with E-state index in [1.165, 1.54) is 12.1 Å². The van der Waals surface area contributed by atoms with E-state index in [0.717, 1.165) is 5.69 Å². The van der Waals surface area contributed by atoms with E-state index in [2.05, 4.69) is 10.6 Å². The van der Waals surface area contributed by atoms with Crippen LogP contribution in [0.15, 0.2) is 48.5 Å². The van der Waals surface area contributed by atoms with Gasteiger partial charge < -0.3 is 15.7 Å². The first-order chi connectivity index (χ1) is 11.0. The highest BCUT2D eigenvalue weighted by Crippen LogP contribution is 2.24.